The number of carbonyl (C=O) groups is 1. The Kier molecular flexibility index (Phi) is 13.3. The van der Waals surface area contributed by atoms with E-state index in [1.807, 2.05) is 0 Å². The number of aliphatic hydroxyl groups excluding tert-OH is 1. The fourth-order valence-electron chi connectivity index (χ4n) is 2.82. The van der Waals surface area contributed by atoms with Crippen molar-refractivity contribution in [1.82, 2.24) is 0 Å². The lowest BCUT2D eigenvalue weighted by Crippen LogP contribution is -2.55. The predicted octanol–water partition coefficient (Wildman–Crippen LogP) is 3.45. The molecule has 0 saturated heterocycles. The second-order valence-corrected chi connectivity index (χ2v) is 7.88. The molecule has 2 N–H and O–H groups in total. The first-order valence-corrected chi connectivity index (χ1v) is 11.2. The lowest BCUT2D eigenvalue weighted by atomic mass is 10.0. The molecule has 0 aliphatic rings. The Labute approximate surface area is 158 Å². The molecule has 0 amide bonds. The Bertz CT molecular complexity index is 470. The van der Waals surface area contributed by atoms with Gasteiger partial charge in [-0.05, 0) is 20.3 Å². The summed E-state index contributed by atoms with van der Waals surface area (Å²) >= 11 is 0. The van der Waals surface area contributed by atoms with Crippen LogP contribution >= 0.6 is 0 Å². The van der Waals surface area contributed by atoms with Gasteiger partial charge in [0.1, 0.15) is 6.10 Å². The molecular weight excluding hydrogens is 360 g/mol. The average molecular weight is 397 g/mol. The first-order chi connectivity index (χ1) is 12.3. The van der Waals surface area contributed by atoms with Crippen LogP contribution in [0, 0.1) is 0 Å². The standard InChI is InChI=1S/C18H36O7S/c1-4-7-8-9-10-11-12-13-14-15-16(19)17(20)18(24-5-2,25-6-3)26(21,22)23/h16,19H,4-15H2,1-3H3,(H,21,22,23). The molecule has 0 aliphatic carbocycles. The molecule has 0 bridgehead atoms. The Morgan fingerprint density at radius 2 is 1.31 bits per heavy atom. The van der Waals surface area contributed by atoms with Crippen LogP contribution in [0.5, 0.6) is 0 Å². The third-order valence-electron chi connectivity index (χ3n) is 4.19. The van der Waals surface area contributed by atoms with Gasteiger partial charge in [-0.1, -0.05) is 64.7 Å². The summed E-state index contributed by atoms with van der Waals surface area (Å²) in [5.41, 5.74) is 0. The van der Waals surface area contributed by atoms with Gasteiger partial charge in [0.15, 0.2) is 0 Å². The predicted molar refractivity (Wildman–Crippen MR) is 100 cm³/mol. The smallest absolute Gasteiger partial charge is 0.363 e. The van der Waals surface area contributed by atoms with E-state index in [9.17, 15) is 22.9 Å². The summed E-state index contributed by atoms with van der Waals surface area (Å²) in [6.45, 7) is 4.78. The summed E-state index contributed by atoms with van der Waals surface area (Å²) in [5.74, 6) is -1.18. The average Bonchev–Trinajstić information content (AvgIpc) is 2.58. The van der Waals surface area contributed by atoms with Gasteiger partial charge in [0.05, 0.1) is 0 Å². The van der Waals surface area contributed by atoms with E-state index in [0.717, 1.165) is 19.3 Å². The number of ether oxygens (including phenoxy) is 2. The van der Waals surface area contributed by atoms with Gasteiger partial charge in [0, 0.05) is 13.2 Å². The van der Waals surface area contributed by atoms with Crippen LogP contribution in [-0.4, -0.2) is 48.3 Å². The molecule has 0 rings (SSSR count). The Morgan fingerprint density at radius 3 is 1.69 bits per heavy atom. The van der Waals surface area contributed by atoms with Gasteiger partial charge in [-0.25, -0.2) is 0 Å². The summed E-state index contributed by atoms with van der Waals surface area (Å²) in [6, 6.07) is 0. The van der Waals surface area contributed by atoms with Crippen LogP contribution in [-0.2, 0) is 24.4 Å². The molecule has 7 nitrogen and oxygen atoms in total. The second-order valence-electron chi connectivity index (χ2n) is 6.39. The number of hydrogen-bond donors (Lipinski definition) is 2. The van der Waals surface area contributed by atoms with Crippen molar-refractivity contribution in [1.29, 1.82) is 0 Å². The van der Waals surface area contributed by atoms with Gasteiger partial charge in [-0.3, -0.25) is 9.35 Å². The van der Waals surface area contributed by atoms with Gasteiger partial charge in [0.25, 0.3) is 0 Å². The first-order valence-electron chi connectivity index (χ1n) is 9.74. The summed E-state index contributed by atoms with van der Waals surface area (Å²) in [6.07, 6.45) is 8.25. The summed E-state index contributed by atoms with van der Waals surface area (Å²) in [4.78, 5) is 12.4. The Balaban J connectivity index is 4.44. The molecule has 8 heteroatoms. The molecule has 1 unspecified atom stereocenters. The van der Waals surface area contributed by atoms with E-state index in [0.29, 0.717) is 6.42 Å². The van der Waals surface area contributed by atoms with Crippen LogP contribution in [0.4, 0.5) is 0 Å². The van der Waals surface area contributed by atoms with E-state index in [1.165, 1.54) is 46.0 Å². The van der Waals surface area contributed by atoms with Crippen LogP contribution < -0.4 is 0 Å². The van der Waals surface area contributed by atoms with Crippen molar-refractivity contribution in [3.63, 3.8) is 0 Å². The molecule has 0 aliphatic heterocycles. The number of aliphatic hydroxyl groups is 1. The molecule has 0 aromatic rings. The Hall–Kier alpha value is -0.540. The van der Waals surface area contributed by atoms with Crippen LogP contribution in [0.25, 0.3) is 0 Å². The molecule has 0 radical (unpaired) electrons. The van der Waals surface area contributed by atoms with Gasteiger partial charge >= 0.3 is 15.2 Å². The van der Waals surface area contributed by atoms with Gasteiger partial charge in [0.2, 0.25) is 5.78 Å². The van der Waals surface area contributed by atoms with Gasteiger partial charge < -0.3 is 14.6 Å². The monoisotopic (exact) mass is 396 g/mol. The lowest BCUT2D eigenvalue weighted by Gasteiger charge is -2.29. The van der Waals surface area contributed by atoms with Gasteiger partial charge in [-0.2, -0.15) is 8.42 Å². The lowest BCUT2D eigenvalue weighted by molar-refractivity contribution is -0.195. The zero-order chi connectivity index (χ0) is 20.1. The van der Waals surface area contributed by atoms with Crippen molar-refractivity contribution < 1.29 is 32.3 Å². The highest BCUT2D eigenvalue weighted by molar-refractivity contribution is 7.87. The number of Topliss-reactive ketones (excluding diaryl/α,β-unsaturated/α-hetero) is 1. The topological polar surface area (TPSA) is 110 Å². The molecule has 0 aromatic carbocycles. The molecule has 26 heavy (non-hydrogen) atoms. The summed E-state index contributed by atoms with van der Waals surface area (Å²) < 4.78 is 42.7. The minimum Gasteiger partial charge on any atom is -0.385 e. The van der Waals surface area contributed by atoms with Crippen molar-refractivity contribution in [2.24, 2.45) is 0 Å². The zero-order valence-electron chi connectivity index (χ0n) is 16.4. The number of carbonyl (C=O) groups excluding carboxylic acids is 1. The van der Waals surface area contributed by atoms with E-state index in [-0.39, 0.29) is 19.6 Å². The largest absolute Gasteiger partial charge is 0.385 e. The van der Waals surface area contributed by atoms with E-state index in [2.05, 4.69) is 6.92 Å². The molecule has 1 atom stereocenters. The molecule has 0 spiro atoms. The third-order valence-corrected chi connectivity index (χ3v) is 5.31. The highest BCUT2D eigenvalue weighted by Gasteiger charge is 2.55. The molecule has 156 valence electrons. The molecule has 0 fully saturated rings. The minimum atomic E-state index is -5.00. The van der Waals surface area contributed by atoms with Crippen molar-refractivity contribution in [2.75, 3.05) is 13.2 Å². The highest BCUT2D eigenvalue weighted by Crippen LogP contribution is 2.25. The van der Waals surface area contributed by atoms with E-state index >= 15 is 0 Å². The van der Waals surface area contributed by atoms with Crippen molar-refractivity contribution >= 4 is 15.9 Å². The second kappa shape index (κ2) is 13.6. The SMILES string of the molecule is CCCCCCCCCCCC(O)C(=O)C(OCC)(OCC)S(=O)(=O)O. The maximum Gasteiger partial charge on any atom is 0.363 e. The van der Waals surface area contributed by atoms with Crippen LogP contribution in [0.2, 0.25) is 0 Å². The third kappa shape index (κ3) is 8.43. The van der Waals surface area contributed by atoms with Crippen LogP contribution in [0.15, 0.2) is 0 Å². The van der Waals surface area contributed by atoms with E-state index in [4.69, 9.17) is 9.47 Å². The van der Waals surface area contributed by atoms with Crippen molar-refractivity contribution in [2.45, 2.75) is 96.2 Å². The Morgan fingerprint density at radius 1 is 0.885 bits per heavy atom. The molecule has 0 saturated carbocycles. The molecule has 0 heterocycles. The number of unbranched alkanes of at least 4 members (excludes halogenated alkanes) is 8. The molecule has 0 aromatic heterocycles. The summed E-state index contributed by atoms with van der Waals surface area (Å²) in [7, 11) is -5.00. The van der Waals surface area contributed by atoms with E-state index in [1.54, 1.807) is 0 Å². The van der Waals surface area contributed by atoms with Crippen molar-refractivity contribution in [3.05, 3.63) is 0 Å². The minimum absolute atomic E-state index is 0.103. The normalized spacial score (nSPS) is 13.7. The van der Waals surface area contributed by atoms with Crippen LogP contribution in [0.1, 0.15) is 85.0 Å². The van der Waals surface area contributed by atoms with Crippen molar-refractivity contribution in [3.8, 4) is 0 Å². The van der Waals surface area contributed by atoms with Crippen LogP contribution in [0.3, 0.4) is 0 Å². The maximum atomic E-state index is 12.4. The van der Waals surface area contributed by atoms with E-state index < -0.39 is 27.1 Å². The van der Waals surface area contributed by atoms with Gasteiger partial charge in [-0.15, -0.1) is 0 Å². The number of rotatable bonds is 17. The molecular formula is C18H36O7S. The zero-order valence-corrected chi connectivity index (χ0v) is 17.2. The number of ketones is 1. The number of hydrogen-bond acceptors (Lipinski definition) is 6. The quantitative estimate of drug-likeness (QED) is 0.220. The summed E-state index contributed by atoms with van der Waals surface area (Å²) in [5, 5.41) is 7.23. The highest BCUT2D eigenvalue weighted by atomic mass is 32.2. The maximum absolute atomic E-state index is 12.4. The fraction of sp³-hybridized carbons (Fsp3) is 0.944. The fourth-order valence-corrected chi connectivity index (χ4v) is 3.75. The first kappa shape index (κ1) is 25.5.